The van der Waals surface area contributed by atoms with Crippen molar-refractivity contribution in [3.8, 4) is 0 Å². The molecule has 0 N–H and O–H groups in total. The van der Waals surface area contributed by atoms with Gasteiger partial charge in [0.05, 0.1) is 24.2 Å². The Morgan fingerprint density at radius 3 is 2.65 bits per heavy atom. The second-order valence-corrected chi connectivity index (χ2v) is 5.15. The fraction of sp³-hybridized carbons (Fsp3) is 0.600. The first-order valence-corrected chi connectivity index (χ1v) is 7.17. The summed E-state index contributed by atoms with van der Waals surface area (Å²) < 4.78 is 11.1. The van der Waals surface area contributed by atoms with Crippen molar-refractivity contribution in [2.24, 2.45) is 0 Å². The van der Waals surface area contributed by atoms with Crippen molar-refractivity contribution in [1.29, 1.82) is 0 Å². The number of unbranched alkanes of at least 4 members (excludes halogenated alkanes) is 2. The SMILES string of the molecule is CCCCCC1OC1COCc1ccc([N+](=O)[O-])cc1. The molecule has 0 saturated carbocycles. The molecule has 1 aromatic carbocycles. The van der Waals surface area contributed by atoms with Crippen molar-refractivity contribution < 1.29 is 14.4 Å². The number of non-ortho nitro benzene ring substituents is 1. The highest BCUT2D eigenvalue weighted by atomic mass is 16.6. The molecular weight excluding hydrogens is 258 g/mol. The first-order valence-electron chi connectivity index (χ1n) is 7.17. The minimum absolute atomic E-state index is 0.107. The molecule has 1 fully saturated rings. The zero-order valence-electron chi connectivity index (χ0n) is 11.8. The number of nitrogens with zero attached hydrogens (tertiary/aromatic N) is 1. The van der Waals surface area contributed by atoms with E-state index in [0.717, 1.165) is 12.0 Å². The Morgan fingerprint density at radius 2 is 2.00 bits per heavy atom. The van der Waals surface area contributed by atoms with Gasteiger partial charge in [0.25, 0.3) is 5.69 Å². The van der Waals surface area contributed by atoms with Crippen molar-refractivity contribution in [3.63, 3.8) is 0 Å². The van der Waals surface area contributed by atoms with Crippen LogP contribution in [0.15, 0.2) is 24.3 Å². The summed E-state index contributed by atoms with van der Waals surface area (Å²) in [6.07, 6.45) is 5.45. The van der Waals surface area contributed by atoms with Gasteiger partial charge in [0.1, 0.15) is 6.10 Å². The Balaban J connectivity index is 1.61. The highest BCUT2D eigenvalue weighted by Crippen LogP contribution is 2.27. The second kappa shape index (κ2) is 7.36. The molecule has 1 aliphatic heterocycles. The Morgan fingerprint density at radius 1 is 1.25 bits per heavy atom. The quantitative estimate of drug-likeness (QED) is 0.300. The van der Waals surface area contributed by atoms with E-state index in [0.29, 0.717) is 19.3 Å². The van der Waals surface area contributed by atoms with Gasteiger partial charge < -0.3 is 9.47 Å². The van der Waals surface area contributed by atoms with Crippen molar-refractivity contribution in [2.75, 3.05) is 6.61 Å². The van der Waals surface area contributed by atoms with Crippen molar-refractivity contribution in [2.45, 2.75) is 51.4 Å². The number of hydrogen-bond donors (Lipinski definition) is 0. The molecule has 2 unspecified atom stereocenters. The third kappa shape index (κ3) is 4.58. The molecule has 0 aromatic heterocycles. The van der Waals surface area contributed by atoms with E-state index in [4.69, 9.17) is 9.47 Å². The van der Waals surface area contributed by atoms with E-state index >= 15 is 0 Å². The first kappa shape index (κ1) is 14.9. The van der Waals surface area contributed by atoms with Gasteiger partial charge in [-0.2, -0.15) is 0 Å². The van der Waals surface area contributed by atoms with Gasteiger partial charge in [-0.15, -0.1) is 0 Å². The van der Waals surface area contributed by atoms with E-state index < -0.39 is 4.92 Å². The predicted molar refractivity (Wildman–Crippen MR) is 75.6 cm³/mol. The molecule has 1 saturated heterocycles. The van der Waals surface area contributed by atoms with Gasteiger partial charge in [-0.05, 0) is 24.1 Å². The van der Waals surface area contributed by atoms with E-state index in [1.54, 1.807) is 12.1 Å². The summed E-state index contributed by atoms with van der Waals surface area (Å²) in [5, 5.41) is 10.5. The van der Waals surface area contributed by atoms with Gasteiger partial charge in [0, 0.05) is 12.1 Å². The Bertz CT molecular complexity index is 432. The van der Waals surface area contributed by atoms with E-state index in [1.807, 2.05) is 0 Å². The molecule has 0 amide bonds. The van der Waals surface area contributed by atoms with Crippen molar-refractivity contribution >= 4 is 5.69 Å². The molecule has 0 radical (unpaired) electrons. The van der Waals surface area contributed by atoms with Crippen LogP contribution in [-0.2, 0) is 16.1 Å². The van der Waals surface area contributed by atoms with E-state index in [1.165, 1.54) is 31.4 Å². The van der Waals surface area contributed by atoms with Crippen LogP contribution < -0.4 is 0 Å². The molecule has 0 spiro atoms. The molecule has 0 bridgehead atoms. The van der Waals surface area contributed by atoms with Gasteiger partial charge in [-0.3, -0.25) is 10.1 Å². The van der Waals surface area contributed by atoms with Gasteiger partial charge >= 0.3 is 0 Å². The summed E-state index contributed by atoms with van der Waals surface area (Å²) in [5.74, 6) is 0. The largest absolute Gasteiger partial charge is 0.374 e. The normalized spacial score (nSPS) is 20.9. The fourth-order valence-electron chi connectivity index (χ4n) is 2.18. The summed E-state index contributed by atoms with van der Waals surface area (Å²) in [6, 6.07) is 6.45. The first-order chi connectivity index (χ1) is 9.70. The molecule has 110 valence electrons. The lowest BCUT2D eigenvalue weighted by atomic mass is 10.1. The molecule has 20 heavy (non-hydrogen) atoms. The summed E-state index contributed by atoms with van der Waals surface area (Å²) in [4.78, 5) is 10.1. The maximum Gasteiger partial charge on any atom is 0.269 e. The van der Waals surface area contributed by atoms with Crippen LogP contribution in [0.25, 0.3) is 0 Å². The minimum atomic E-state index is -0.399. The second-order valence-electron chi connectivity index (χ2n) is 5.15. The Kier molecular flexibility index (Phi) is 5.49. The summed E-state index contributed by atoms with van der Waals surface area (Å²) in [7, 11) is 0. The number of epoxide rings is 1. The maximum atomic E-state index is 10.5. The lowest BCUT2D eigenvalue weighted by Crippen LogP contribution is -2.05. The molecular formula is C15H21NO4. The number of hydrogen-bond acceptors (Lipinski definition) is 4. The summed E-state index contributed by atoms with van der Waals surface area (Å²) in [5.41, 5.74) is 1.05. The molecule has 5 nitrogen and oxygen atoms in total. The monoisotopic (exact) mass is 279 g/mol. The third-order valence-corrected chi connectivity index (χ3v) is 3.48. The molecule has 1 aliphatic rings. The fourth-order valence-corrected chi connectivity index (χ4v) is 2.18. The number of benzene rings is 1. The molecule has 5 heteroatoms. The number of nitro benzene ring substituents is 1. The number of nitro groups is 1. The predicted octanol–water partition coefficient (Wildman–Crippen LogP) is 3.46. The molecule has 0 aliphatic carbocycles. The molecule has 1 aromatic rings. The third-order valence-electron chi connectivity index (χ3n) is 3.48. The summed E-state index contributed by atoms with van der Waals surface area (Å²) >= 11 is 0. The standard InChI is InChI=1S/C15H21NO4/c1-2-3-4-5-14-15(20-14)11-19-10-12-6-8-13(9-7-12)16(17)18/h6-9,14-15H,2-5,10-11H2,1H3. The van der Waals surface area contributed by atoms with Gasteiger partial charge in [-0.1, -0.05) is 26.2 Å². The van der Waals surface area contributed by atoms with Gasteiger partial charge in [0.15, 0.2) is 0 Å². The smallest absolute Gasteiger partial charge is 0.269 e. The van der Waals surface area contributed by atoms with E-state index in [-0.39, 0.29) is 11.8 Å². The molecule has 1 heterocycles. The summed E-state index contributed by atoms with van der Waals surface area (Å²) in [6.45, 7) is 3.27. The zero-order chi connectivity index (χ0) is 14.4. The van der Waals surface area contributed by atoms with Crippen LogP contribution in [0.5, 0.6) is 0 Å². The van der Waals surface area contributed by atoms with Gasteiger partial charge in [0.2, 0.25) is 0 Å². The van der Waals surface area contributed by atoms with E-state index in [2.05, 4.69) is 6.92 Å². The lowest BCUT2D eigenvalue weighted by Gasteiger charge is -2.02. The van der Waals surface area contributed by atoms with Crippen LogP contribution in [0.3, 0.4) is 0 Å². The van der Waals surface area contributed by atoms with Crippen LogP contribution in [0.2, 0.25) is 0 Å². The average molecular weight is 279 g/mol. The van der Waals surface area contributed by atoms with Crippen LogP contribution >= 0.6 is 0 Å². The highest BCUT2D eigenvalue weighted by molar-refractivity contribution is 5.32. The number of rotatable bonds is 9. The zero-order valence-corrected chi connectivity index (χ0v) is 11.8. The molecule has 2 atom stereocenters. The van der Waals surface area contributed by atoms with Crippen LogP contribution in [0.4, 0.5) is 5.69 Å². The van der Waals surface area contributed by atoms with Crippen LogP contribution in [-0.4, -0.2) is 23.7 Å². The maximum absolute atomic E-state index is 10.5. The topological polar surface area (TPSA) is 64.9 Å². The van der Waals surface area contributed by atoms with Crippen LogP contribution in [0, 0.1) is 10.1 Å². The Labute approximate surface area is 119 Å². The minimum Gasteiger partial charge on any atom is -0.374 e. The number of ether oxygens (including phenoxy) is 2. The molecule has 2 rings (SSSR count). The van der Waals surface area contributed by atoms with Gasteiger partial charge in [-0.25, -0.2) is 0 Å². The van der Waals surface area contributed by atoms with Crippen molar-refractivity contribution in [1.82, 2.24) is 0 Å². The average Bonchev–Trinajstić information content (AvgIpc) is 3.18. The van der Waals surface area contributed by atoms with Crippen LogP contribution in [0.1, 0.15) is 38.2 Å². The Hall–Kier alpha value is -1.46. The highest BCUT2D eigenvalue weighted by Gasteiger charge is 2.37. The van der Waals surface area contributed by atoms with Crippen molar-refractivity contribution in [3.05, 3.63) is 39.9 Å². The lowest BCUT2D eigenvalue weighted by molar-refractivity contribution is -0.384. The van der Waals surface area contributed by atoms with E-state index in [9.17, 15) is 10.1 Å².